The van der Waals surface area contributed by atoms with Crippen molar-refractivity contribution in [2.75, 3.05) is 37.7 Å². The second-order valence-corrected chi connectivity index (χ2v) is 8.70. The van der Waals surface area contributed by atoms with Gasteiger partial charge in [-0.15, -0.1) is 0 Å². The van der Waals surface area contributed by atoms with E-state index in [1.165, 1.54) is 4.31 Å². The topological polar surface area (TPSA) is 125 Å². The number of nitrogens with two attached hydrogens (primary N) is 1. The van der Waals surface area contributed by atoms with E-state index < -0.39 is 34.4 Å². The van der Waals surface area contributed by atoms with Crippen molar-refractivity contribution in [3.05, 3.63) is 29.3 Å². The summed E-state index contributed by atoms with van der Waals surface area (Å²) in [4.78, 5) is 13.4. The van der Waals surface area contributed by atoms with Crippen LogP contribution in [0.25, 0.3) is 0 Å². The molecule has 0 aromatic heterocycles. The van der Waals surface area contributed by atoms with E-state index >= 15 is 0 Å². The molecule has 2 heterocycles. The number of aliphatic hydroxyl groups is 1. The van der Waals surface area contributed by atoms with Gasteiger partial charge in [-0.25, -0.2) is 0 Å². The van der Waals surface area contributed by atoms with Crippen LogP contribution in [0.2, 0.25) is 5.02 Å². The number of nitrogens with one attached hydrogen (secondary N) is 1. The van der Waals surface area contributed by atoms with Crippen LogP contribution in [0.5, 0.6) is 0 Å². The molecular formula is C16H23ClN4O5S. The molecule has 150 valence electrons. The number of hydrogen-bond donors (Lipinski definition) is 3. The molecule has 1 aromatic rings. The Hall–Kier alpha value is -1.43. The minimum absolute atomic E-state index is 0.141. The Morgan fingerprint density at radius 1 is 1.22 bits per heavy atom. The molecule has 0 spiro atoms. The van der Waals surface area contributed by atoms with Gasteiger partial charge in [0.2, 0.25) is 5.91 Å². The number of primary amides is 1. The molecule has 9 nitrogen and oxygen atoms in total. The molecule has 0 bridgehead atoms. The highest BCUT2D eigenvalue weighted by Crippen LogP contribution is 2.21. The van der Waals surface area contributed by atoms with Gasteiger partial charge in [0.1, 0.15) is 6.10 Å². The molecule has 4 N–H and O–H groups in total. The first kappa shape index (κ1) is 20.3. The molecule has 1 amide bonds. The van der Waals surface area contributed by atoms with Gasteiger partial charge in [0.05, 0.1) is 6.04 Å². The molecule has 11 heteroatoms. The van der Waals surface area contributed by atoms with Crippen LogP contribution in [0.3, 0.4) is 0 Å². The van der Waals surface area contributed by atoms with Gasteiger partial charge < -0.3 is 20.5 Å². The third kappa shape index (κ3) is 4.71. The summed E-state index contributed by atoms with van der Waals surface area (Å²) in [7, 11) is -3.81. The molecule has 3 rings (SSSR count). The predicted molar refractivity (Wildman–Crippen MR) is 101 cm³/mol. The Morgan fingerprint density at radius 3 is 2.44 bits per heavy atom. The third-order valence-corrected chi connectivity index (χ3v) is 6.70. The van der Waals surface area contributed by atoms with Gasteiger partial charge in [-0.1, -0.05) is 11.6 Å². The monoisotopic (exact) mass is 418 g/mol. The van der Waals surface area contributed by atoms with Gasteiger partial charge >= 0.3 is 0 Å². The summed E-state index contributed by atoms with van der Waals surface area (Å²) in [6.07, 6.45) is -2.27. The fourth-order valence-corrected chi connectivity index (χ4v) is 4.84. The number of carbonyl (C=O) groups excluding carboxylic acids is 1. The summed E-state index contributed by atoms with van der Waals surface area (Å²) in [6, 6.07) is 6.56. The van der Waals surface area contributed by atoms with Crippen molar-refractivity contribution < 1.29 is 23.1 Å². The molecule has 27 heavy (non-hydrogen) atoms. The van der Waals surface area contributed by atoms with Crippen molar-refractivity contribution >= 4 is 33.4 Å². The first-order valence-corrected chi connectivity index (χ1v) is 10.5. The number of carbonyl (C=O) groups is 1. The largest absolute Gasteiger partial charge is 0.388 e. The average molecular weight is 419 g/mol. The smallest absolute Gasteiger partial charge is 0.279 e. The number of ether oxygens (including phenoxy) is 1. The highest BCUT2D eigenvalue weighted by molar-refractivity contribution is 7.87. The van der Waals surface area contributed by atoms with Crippen molar-refractivity contribution in [1.29, 1.82) is 0 Å². The zero-order chi connectivity index (χ0) is 19.6. The van der Waals surface area contributed by atoms with Crippen LogP contribution in [-0.2, 0) is 19.7 Å². The summed E-state index contributed by atoms with van der Waals surface area (Å²) in [5.41, 5.74) is 6.16. The van der Waals surface area contributed by atoms with E-state index in [2.05, 4.69) is 9.62 Å². The van der Waals surface area contributed by atoms with Crippen LogP contribution in [0.1, 0.15) is 6.42 Å². The molecule has 2 saturated heterocycles. The van der Waals surface area contributed by atoms with Crippen LogP contribution in [0.4, 0.5) is 5.69 Å². The second-order valence-electron chi connectivity index (χ2n) is 6.56. The quantitative estimate of drug-likeness (QED) is 0.580. The minimum Gasteiger partial charge on any atom is -0.388 e. The second kappa shape index (κ2) is 8.29. The van der Waals surface area contributed by atoms with Crippen molar-refractivity contribution in [3.63, 3.8) is 0 Å². The third-order valence-electron chi connectivity index (χ3n) is 4.80. The lowest BCUT2D eigenvalue weighted by atomic mass is 10.0. The average Bonchev–Trinajstić information content (AvgIpc) is 2.64. The molecule has 1 aromatic carbocycles. The summed E-state index contributed by atoms with van der Waals surface area (Å²) in [5, 5.41) is 10.8. The van der Waals surface area contributed by atoms with E-state index in [-0.39, 0.29) is 13.0 Å². The fourth-order valence-electron chi connectivity index (χ4n) is 3.29. The highest BCUT2D eigenvalue weighted by Gasteiger charge is 2.39. The van der Waals surface area contributed by atoms with E-state index in [4.69, 9.17) is 22.1 Å². The standard InChI is InChI=1S/C16H23ClN4O5S/c17-11-1-3-12(4-2-11)20-6-8-21(9-7-20)27(24,25)19-13-5-10-26-15(14(13)22)16(18)23/h1-4,13-15,19,22H,5-10H2,(H2,18,23). The Bertz CT molecular complexity index is 768. The molecule has 3 atom stereocenters. The van der Waals surface area contributed by atoms with Crippen LogP contribution in [0.15, 0.2) is 24.3 Å². The normalized spacial score (nSPS) is 27.5. The maximum atomic E-state index is 12.7. The molecule has 2 aliphatic heterocycles. The number of piperazine rings is 1. The number of rotatable bonds is 5. The number of halogens is 1. The van der Waals surface area contributed by atoms with E-state index in [9.17, 15) is 18.3 Å². The lowest BCUT2D eigenvalue weighted by molar-refractivity contribution is -0.145. The molecule has 0 radical (unpaired) electrons. The van der Waals surface area contributed by atoms with Crippen molar-refractivity contribution in [2.24, 2.45) is 5.73 Å². The van der Waals surface area contributed by atoms with Gasteiger partial charge in [0.25, 0.3) is 10.2 Å². The maximum Gasteiger partial charge on any atom is 0.279 e. The van der Waals surface area contributed by atoms with Gasteiger partial charge in [-0.2, -0.15) is 17.4 Å². The van der Waals surface area contributed by atoms with Gasteiger partial charge in [-0.05, 0) is 30.7 Å². The Balaban J connectivity index is 1.59. The van der Waals surface area contributed by atoms with Gasteiger partial charge in [0.15, 0.2) is 6.10 Å². The summed E-state index contributed by atoms with van der Waals surface area (Å²) in [5.74, 6) is -0.817. The van der Waals surface area contributed by atoms with Crippen molar-refractivity contribution in [3.8, 4) is 0 Å². The fraction of sp³-hybridized carbons (Fsp3) is 0.562. The molecule has 2 aliphatic rings. The Morgan fingerprint density at radius 2 is 1.85 bits per heavy atom. The van der Waals surface area contributed by atoms with Crippen LogP contribution >= 0.6 is 11.6 Å². The number of amides is 1. The Kier molecular flexibility index (Phi) is 6.24. The highest BCUT2D eigenvalue weighted by atomic mass is 35.5. The SMILES string of the molecule is NC(=O)C1OCCC(NS(=O)(=O)N2CCN(c3ccc(Cl)cc3)CC2)C1O. The zero-order valence-corrected chi connectivity index (χ0v) is 16.2. The molecule has 3 unspecified atom stereocenters. The summed E-state index contributed by atoms with van der Waals surface area (Å²) >= 11 is 5.90. The maximum absolute atomic E-state index is 12.7. The van der Waals surface area contributed by atoms with Crippen LogP contribution in [0, 0.1) is 0 Å². The van der Waals surface area contributed by atoms with Gasteiger partial charge in [-0.3, -0.25) is 4.79 Å². The van der Waals surface area contributed by atoms with E-state index in [1.807, 2.05) is 12.1 Å². The first-order chi connectivity index (χ1) is 12.8. The van der Waals surface area contributed by atoms with Gasteiger partial charge in [0, 0.05) is 43.5 Å². The lowest BCUT2D eigenvalue weighted by Crippen LogP contribution is -2.60. The number of hydrogen-bond acceptors (Lipinski definition) is 6. The predicted octanol–water partition coefficient (Wildman–Crippen LogP) is -0.700. The van der Waals surface area contributed by atoms with Crippen LogP contribution in [-0.4, -0.2) is 74.8 Å². The van der Waals surface area contributed by atoms with E-state index in [1.54, 1.807) is 12.1 Å². The first-order valence-electron chi connectivity index (χ1n) is 8.65. The zero-order valence-electron chi connectivity index (χ0n) is 14.6. The summed E-state index contributed by atoms with van der Waals surface area (Å²) in [6.45, 7) is 1.81. The lowest BCUT2D eigenvalue weighted by Gasteiger charge is -2.38. The number of nitrogens with zero attached hydrogens (tertiary/aromatic N) is 2. The molecule has 0 saturated carbocycles. The molecule has 2 fully saturated rings. The Labute approximate surface area is 163 Å². The number of aliphatic hydroxyl groups excluding tert-OH is 1. The molecular weight excluding hydrogens is 396 g/mol. The number of anilines is 1. The minimum atomic E-state index is -3.81. The van der Waals surface area contributed by atoms with E-state index in [0.717, 1.165) is 5.69 Å². The van der Waals surface area contributed by atoms with Crippen molar-refractivity contribution in [1.82, 2.24) is 9.03 Å². The van der Waals surface area contributed by atoms with E-state index in [0.29, 0.717) is 31.2 Å². The number of benzene rings is 1. The summed E-state index contributed by atoms with van der Waals surface area (Å²) < 4.78 is 34.3. The molecule has 0 aliphatic carbocycles. The van der Waals surface area contributed by atoms with Crippen molar-refractivity contribution in [2.45, 2.75) is 24.7 Å². The van der Waals surface area contributed by atoms with Crippen LogP contribution < -0.4 is 15.4 Å².